The van der Waals surface area contributed by atoms with Gasteiger partial charge in [0.15, 0.2) is 0 Å². The Kier molecular flexibility index (Phi) is 3.15. The number of nitrogens with zero attached hydrogens (tertiary/aromatic N) is 1. The summed E-state index contributed by atoms with van der Waals surface area (Å²) < 4.78 is 6.21. The van der Waals surface area contributed by atoms with E-state index in [1.807, 2.05) is 0 Å². The molecule has 2 saturated heterocycles. The van der Waals surface area contributed by atoms with Crippen LogP contribution in [0.5, 0.6) is 0 Å². The number of ether oxygens (including phenoxy) is 1. The van der Waals surface area contributed by atoms with Gasteiger partial charge in [-0.2, -0.15) is 0 Å². The predicted octanol–water partition coefficient (Wildman–Crippen LogP) is 2.27. The average molecular weight is 295 g/mol. The van der Waals surface area contributed by atoms with Crippen LogP contribution in [0.25, 0.3) is 0 Å². The minimum absolute atomic E-state index is 0.525. The van der Waals surface area contributed by atoms with E-state index in [1.165, 1.54) is 32.4 Å². The van der Waals surface area contributed by atoms with Crippen molar-refractivity contribution in [3.63, 3.8) is 0 Å². The van der Waals surface area contributed by atoms with Gasteiger partial charge in [-0.3, -0.25) is 4.90 Å². The molecule has 0 radical (unpaired) electrons. The summed E-state index contributed by atoms with van der Waals surface area (Å²) in [6, 6.07) is 0. The van der Waals surface area contributed by atoms with Gasteiger partial charge >= 0.3 is 0 Å². The largest absolute Gasteiger partial charge is 0.381 e. The monoisotopic (exact) mass is 295 g/mol. The SMILES string of the molecule is CC(I)N1CCCC2(CCOC2)C1. The molecule has 0 aromatic heterocycles. The third-order valence-corrected chi connectivity index (χ3v) is 4.17. The maximum Gasteiger partial charge on any atom is 0.0590 e. The van der Waals surface area contributed by atoms with E-state index in [0.29, 0.717) is 9.46 Å². The molecule has 13 heavy (non-hydrogen) atoms. The molecule has 0 aliphatic carbocycles. The molecule has 0 aromatic rings. The Hall–Kier alpha value is 0.650. The Morgan fingerprint density at radius 2 is 2.31 bits per heavy atom. The molecule has 0 N–H and O–H groups in total. The van der Waals surface area contributed by atoms with Crippen LogP contribution in [-0.2, 0) is 4.74 Å². The van der Waals surface area contributed by atoms with Crippen LogP contribution >= 0.6 is 22.6 Å². The molecule has 2 rings (SSSR count). The van der Waals surface area contributed by atoms with E-state index in [0.717, 1.165) is 13.2 Å². The van der Waals surface area contributed by atoms with E-state index >= 15 is 0 Å². The standard InChI is InChI=1S/C10H18INO/c1-9(11)12-5-2-3-10(7-12)4-6-13-8-10/h9H,2-8H2,1H3. The van der Waals surface area contributed by atoms with Crippen LogP contribution in [0.1, 0.15) is 26.2 Å². The van der Waals surface area contributed by atoms with Gasteiger partial charge in [0.05, 0.1) is 10.7 Å². The number of rotatable bonds is 1. The fourth-order valence-corrected chi connectivity index (χ4v) is 3.00. The summed E-state index contributed by atoms with van der Waals surface area (Å²) in [5, 5.41) is 0. The Balaban J connectivity index is 1.98. The smallest absolute Gasteiger partial charge is 0.0590 e. The maximum atomic E-state index is 5.54. The average Bonchev–Trinajstić information content (AvgIpc) is 2.53. The van der Waals surface area contributed by atoms with E-state index in [1.54, 1.807) is 0 Å². The van der Waals surface area contributed by atoms with Gasteiger partial charge in [0.25, 0.3) is 0 Å². The summed E-state index contributed by atoms with van der Waals surface area (Å²) in [6.07, 6.45) is 4.02. The van der Waals surface area contributed by atoms with E-state index in [2.05, 4.69) is 34.4 Å². The number of likely N-dealkylation sites (tertiary alicyclic amines) is 1. The van der Waals surface area contributed by atoms with Crippen molar-refractivity contribution in [1.82, 2.24) is 4.90 Å². The summed E-state index contributed by atoms with van der Waals surface area (Å²) in [6.45, 7) is 6.83. The van der Waals surface area contributed by atoms with E-state index in [9.17, 15) is 0 Å². The third-order valence-electron chi connectivity index (χ3n) is 3.38. The van der Waals surface area contributed by atoms with Crippen LogP contribution in [0.15, 0.2) is 0 Å². The zero-order chi connectivity index (χ0) is 9.31. The van der Waals surface area contributed by atoms with Gasteiger partial charge in [0.2, 0.25) is 0 Å². The van der Waals surface area contributed by atoms with Crippen molar-refractivity contribution >= 4 is 22.6 Å². The number of alkyl halides is 1. The molecule has 2 unspecified atom stereocenters. The summed E-state index contributed by atoms with van der Waals surface area (Å²) in [4.78, 5) is 2.60. The van der Waals surface area contributed by atoms with Crippen molar-refractivity contribution in [2.75, 3.05) is 26.3 Å². The third kappa shape index (κ3) is 2.18. The van der Waals surface area contributed by atoms with Crippen LogP contribution < -0.4 is 0 Å². The molecule has 3 heteroatoms. The van der Waals surface area contributed by atoms with Gasteiger partial charge in [0.1, 0.15) is 0 Å². The Bertz CT molecular complexity index is 178. The lowest BCUT2D eigenvalue weighted by atomic mass is 9.79. The first-order valence-electron chi connectivity index (χ1n) is 5.18. The van der Waals surface area contributed by atoms with E-state index < -0.39 is 0 Å². The van der Waals surface area contributed by atoms with Crippen molar-refractivity contribution in [2.45, 2.75) is 30.2 Å². The van der Waals surface area contributed by atoms with E-state index in [-0.39, 0.29) is 0 Å². The van der Waals surface area contributed by atoms with Crippen molar-refractivity contribution in [1.29, 1.82) is 0 Å². The Labute approximate surface area is 94.1 Å². The van der Waals surface area contributed by atoms with Gasteiger partial charge in [-0.05, 0) is 32.7 Å². The first kappa shape index (κ1) is 10.2. The molecule has 2 aliphatic heterocycles. The van der Waals surface area contributed by atoms with Crippen LogP contribution in [0.4, 0.5) is 0 Å². The minimum Gasteiger partial charge on any atom is -0.381 e. The van der Waals surface area contributed by atoms with Gasteiger partial charge < -0.3 is 4.74 Å². The summed E-state index contributed by atoms with van der Waals surface area (Å²) in [5.41, 5.74) is 0.525. The van der Waals surface area contributed by atoms with Crippen LogP contribution in [0.3, 0.4) is 0 Å². The molecule has 0 saturated carbocycles. The quantitative estimate of drug-likeness (QED) is 0.418. The van der Waals surface area contributed by atoms with Crippen molar-refractivity contribution in [3.05, 3.63) is 0 Å². The Morgan fingerprint density at radius 1 is 1.46 bits per heavy atom. The number of piperidine rings is 1. The molecule has 0 aromatic carbocycles. The fourth-order valence-electron chi connectivity index (χ4n) is 2.52. The summed E-state index contributed by atoms with van der Waals surface area (Å²) in [7, 11) is 0. The van der Waals surface area contributed by atoms with Crippen LogP contribution in [-0.4, -0.2) is 35.3 Å². The number of halogens is 1. The van der Waals surface area contributed by atoms with Gasteiger partial charge in [-0.25, -0.2) is 0 Å². The second-order valence-electron chi connectivity index (χ2n) is 4.45. The first-order chi connectivity index (χ1) is 6.22. The number of hydrogen-bond donors (Lipinski definition) is 0. The predicted molar refractivity (Wildman–Crippen MR) is 62.2 cm³/mol. The summed E-state index contributed by atoms with van der Waals surface area (Å²) in [5.74, 6) is 0. The normalized spacial score (nSPS) is 38.3. The lowest BCUT2D eigenvalue weighted by Gasteiger charge is -2.40. The molecular formula is C10H18INO. The van der Waals surface area contributed by atoms with Crippen molar-refractivity contribution < 1.29 is 4.74 Å². The van der Waals surface area contributed by atoms with Gasteiger partial charge in [-0.15, -0.1) is 0 Å². The minimum atomic E-state index is 0.525. The van der Waals surface area contributed by atoms with Crippen molar-refractivity contribution in [2.24, 2.45) is 5.41 Å². The second-order valence-corrected chi connectivity index (χ2v) is 6.25. The molecule has 0 bridgehead atoms. The zero-order valence-electron chi connectivity index (χ0n) is 8.26. The van der Waals surface area contributed by atoms with Gasteiger partial charge in [0, 0.05) is 18.6 Å². The Morgan fingerprint density at radius 3 is 2.92 bits per heavy atom. The molecular weight excluding hydrogens is 277 g/mol. The van der Waals surface area contributed by atoms with Crippen LogP contribution in [0, 0.1) is 5.41 Å². The number of hydrogen-bond acceptors (Lipinski definition) is 2. The highest BCUT2D eigenvalue weighted by molar-refractivity contribution is 14.1. The highest BCUT2D eigenvalue weighted by Crippen LogP contribution is 2.38. The zero-order valence-corrected chi connectivity index (χ0v) is 10.4. The molecule has 1 spiro atoms. The first-order valence-corrected chi connectivity index (χ1v) is 6.42. The summed E-state index contributed by atoms with van der Waals surface area (Å²) >= 11 is 2.52. The lowest BCUT2D eigenvalue weighted by molar-refractivity contribution is 0.0683. The molecule has 0 amide bonds. The van der Waals surface area contributed by atoms with Gasteiger partial charge in [-0.1, -0.05) is 22.6 Å². The molecule has 2 fully saturated rings. The van der Waals surface area contributed by atoms with E-state index in [4.69, 9.17) is 4.74 Å². The maximum absolute atomic E-state index is 5.54. The lowest BCUT2D eigenvalue weighted by Crippen LogP contribution is -2.45. The molecule has 76 valence electrons. The van der Waals surface area contributed by atoms with Crippen LogP contribution in [0.2, 0.25) is 0 Å². The molecule has 2 aliphatic rings. The highest BCUT2D eigenvalue weighted by Gasteiger charge is 2.39. The molecule has 2 atom stereocenters. The fraction of sp³-hybridized carbons (Fsp3) is 1.00. The molecule has 2 nitrogen and oxygen atoms in total. The highest BCUT2D eigenvalue weighted by atomic mass is 127. The molecule has 2 heterocycles. The topological polar surface area (TPSA) is 12.5 Å². The second kappa shape index (κ2) is 4.03. The van der Waals surface area contributed by atoms with Crippen molar-refractivity contribution in [3.8, 4) is 0 Å².